The molecular formula is C15H19NO4S. The van der Waals surface area contributed by atoms with Gasteiger partial charge in [-0.25, -0.2) is 4.79 Å². The second-order valence-electron chi connectivity index (χ2n) is 5.93. The summed E-state index contributed by atoms with van der Waals surface area (Å²) >= 11 is 1.49. The molecule has 21 heavy (non-hydrogen) atoms. The molecule has 2 rings (SSSR count). The molecule has 0 saturated heterocycles. The van der Waals surface area contributed by atoms with E-state index in [1.165, 1.54) is 16.2 Å². The van der Waals surface area contributed by atoms with Crippen LogP contribution in [0.3, 0.4) is 0 Å². The Bertz CT molecular complexity index is 590. The van der Waals surface area contributed by atoms with Gasteiger partial charge in [0.1, 0.15) is 6.04 Å². The summed E-state index contributed by atoms with van der Waals surface area (Å²) in [5, 5.41) is 11.2. The zero-order valence-electron chi connectivity index (χ0n) is 12.4. The highest BCUT2D eigenvalue weighted by atomic mass is 32.1. The molecule has 0 saturated carbocycles. The van der Waals surface area contributed by atoms with Gasteiger partial charge in [-0.3, -0.25) is 9.59 Å². The Morgan fingerprint density at radius 1 is 1.43 bits per heavy atom. The van der Waals surface area contributed by atoms with Gasteiger partial charge in [-0.1, -0.05) is 20.8 Å². The van der Waals surface area contributed by atoms with Crippen molar-refractivity contribution in [3.63, 3.8) is 0 Å². The molecule has 1 aromatic rings. The first kappa shape index (κ1) is 15.7. The van der Waals surface area contributed by atoms with Gasteiger partial charge in [-0.2, -0.15) is 0 Å². The first-order chi connectivity index (χ1) is 9.77. The van der Waals surface area contributed by atoms with E-state index >= 15 is 0 Å². The van der Waals surface area contributed by atoms with Crippen molar-refractivity contribution in [1.29, 1.82) is 0 Å². The van der Waals surface area contributed by atoms with Crippen LogP contribution in [0.2, 0.25) is 0 Å². The second-order valence-corrected chi connectivity index (χ2v) is 6.93. The summed E-state index contributed by atoms with van der Waals surface area (Å²) in [6.07, 6.45) is 0.799. The van der Waals surface area contributed by atoms with Crippen molar-refractivity contribution in [1.82, 2.24) is 4.90 Å². The van der Waals surface area contributed by atoms with Crippen LogP contribution < -0.4 is 0 Å². The van der Waals surface area contributed by atoms with Crippen LogP contribution in [-0.2, 0) is 27.3 Å². The third-order valence-electron chi connectivity index (χ3n) is 4.18. The summed E-state index contributed by atoms with van der Waals surface area (Å²) in [4.78, 5) is 38.4. The average Bonchev–Trinajstić information content (AvgIpc) is 2.91. The van der Waals surface area contributed by atoms with E-state index in [0.717, 1.165) is 10.4 Å². The lowest BCUT2D eigenvalue weighted by Crippen LogP contribution is -2.52. The number of hydrogen-bond donors (Lipinski definition) is 1. The Morgan fingerprint density at radius 2 is 2.10 bits per heavy atom. The first-order valence-electron chi connectivity index (χ1n) is 6.91. The molecule has 5 nitrogen and oxygen atoms in total. The highest BCUT2D eigenvalue weighted by Crippen LogP contribution is 2.30. The lowest BCUT2D eigenvalue weighted by molar-refractivity contribution is -0.157. The van der Waals surface area contributed by atoms with Crippen molar-refractivity contribution in [3.8, 4) is 0 Å². The third-order valence-corrected chi connectivity index (χ3v) is 5.13. The van der Waals surface area contributed by atoms with Crippen LogP contribution in [-0.4, -0.2) is 33.7 Å². The summed E-state index contributed by atoms with van der Waals surface area (Å²) in [6, 6.07) is 0.923. The minimum Gasteiger partial charge on any atom is -0.480 e. The van der Waals surface area contributed by atoms with Crippen LogP contribution in [0.15, 0.2) is 11.4 Å². The molecule has 6 heteroatoms. The van der Waals surface area contributed by atoms with Gasteiger partial charge in [0.05, 0.1) is 6.54 Å². The van der Waals surface area contributed by atoms with Gasteiger partial charge in [0.15, 0.2) is 0 Å². The smallest absolute Gasteiger partial charge is 0.326 e. The quantitative estimate of drug-likeness (QED) is 0.864. The molecular weight excluding hydrogens is 290 g/mol. The highest BCUT2D eigenvalue weighted by Gasteiger charge is 2.41. The molecule has 1 N–H and O–H groups in total. The number of Topliss-reactive ketones (excluding diaryl/α,β-unsaturated/α-hetero) is 1. The zero-order chi connectivity index (χ0) is 15.8. The lowest BCUT2D eigenvalue weighted by Gasteiger charge is -2.34. The number of carbonyl (C=O) groups excluding carboxylic acids is 2. The van der Waals surface area contributed by atoms with Gasteiger partial charge in [0.25, 0.3) is 5.91 Å². The van der Waals surface area contributed by atoms with Crippen molar-refractivity contribution in [2.24, 2.45) is 5.41 Å². The average molecular weight is 309 g/mol. The van der Waals surface area contributed by atoms with E-state index in [2.05, 4.69) is 0 Å². The predicted molar refractivity (Wildman–Crippen MR) is 79.1 cm³/mol. The molecule has 0 aliphatic carbocycles. The fourth-order valence-corrected chi connectivity index (χ4v) is 3.20. The molecule has 1 aromatic heterocycles. The number of thiophene rings is 1. The Balaban J connectivity index is 2.30. The van der Waals surface area contributed by atoms with Crippen LogP contribution in [0.5, 0.6) is 0 Å². The van der Waals surface area contributed by atoms with Crippen LogP contribution in [0.1, 0.15) is 37.6 Å². The number of ketones is 1. The summed E-state index contributed by atoms with van der Waals surface area (Å²) in [6.45, 7) is 5.47. The Labute approximate surface area is 127 Å². The Kier molecular flexibility index (Phi) is 4.18. The monoisotopic (exact) mass is 309 g/mol. The predicted octanol–water partition coefficient (Wildman–Crippen LogP) is 2.09. The minimum absolute atomic E-state index is 0.203. The van der Waals surface area contributed by atoms with E-state index in [0.29, 0.717) is 6.42 Å². The Morgan fingerprint density at radius 3 is 2.67 bits per heavy atom. The molecule has 1 unspecified atom stereocenters. The maximum atomic E-state index is 12.5. The van der Waals surface area contributed by atoms with Gasteiger partial charge in [0, 0.05) is 16.7 Å². The molecule has 0 fully saturated rings. The van der Waals surface area contributed by atoms with E-state index in [1.807, 2.05) is 18.4 Å². The summed E-state index contributed by atoms with van der Waals surface area (Å²) < 4.78 is 0. The molecule has 1 aliphatic rings. The van der Waals surface area contributed by atoms with Crippen LogP contribution in [0.25, 0.3) is 0 Å². The highest BCUT2D eigenvalue weighted by molar-refractivity contribution is 7.10. The zero-order valence-corrected chi connectivity index (χ0v) is 13.2. The molecule has 2 heterocycles. The van der Waals surface area contributed by atoms with Crippen LogP contribution in [0.4, 0.5) is 0 Å². The van der Waals surface area contributed by atoms with E-state index < -0.39 is 29.1 Å². The number of carboxylic acid groups (broad SMARTS) is 1. The maximum Gasteiger partial charge on any atom is 0.326 e. The van der Waals surface area contributed by atoms with Crippen molar-refractivity contribution < 1.29 is 19.5 Å². The number of carboxylic acids is 1. The fourth-order valence-electron chi connectivity index (χ4n) is 2.29. The summed E-state index contributed by atoms with van der Waals surface area (Å²) in [5.74, 6) is -2.27. The molecule has 0 aromatic carbocycles. The number of nitrogens with zero attached hydrogens (tertiary/aromatic N) is 1. The molecule has 114 valence electrons. The SMILES string of the molecule is CCC(C)(C)C(=O)C(=O)N1Cc2sccc2CC1C(=O)O. The lowest BCUT2D eigenvalue weighted by atomic mass is 9.84. The largest absolute Gasteiger partial charge is 0.480 e. The number of hydrogen-bond acceptors (Lipinski definition) is 4. The van der Waals surface area contributed by atoms with Gasteiger partial charge in [-0.15, -0.1) is 11.3 Å². The van der Waals surface area contributed by atoms with Gasteiger partial charge in [0.2, 0.25) is 5.78 Å². The fraction of sp³-hybridized carbons (Fsp3) is 0.533. The molecule has 0 bridgehead atoms. The summed E-state index contributed by atoms with van der Waals surface area (Å²) in [5.41, 5.74) is 0.189. The van der Waals surface area contributed by atoms with Gasteiger partial charge < -0.3 is 10.0 Å². The molecule has 1 atom stereocenters. The molecule has 1 amide bonds. The molecule has 0 radical (unpaired) electrons. The molecule has 0 spiro atoms. The third kappa shape index (κ3) is 2.85. The molecule has 1 aliphatic heterocycles. The number of carbonyl (C=O) groups is 3. The van der Waals surface area contributed by atoms with Gasteiger partial charge >= 0.3 is 5.97 Å². The van der Waals surface area contributed by atoms with E-state index in [1.54, 1.807) is 13.8 Å². The number of amides is 1. The summed E-state index contributed by atoms with van der Waals surface area (Å²) in [7, 11) is 0. The van der Waals surface area contributed by atoms with Gasteiger partial charge in [-0.05, 0) is 23.4 Å². The second kappa shape index (κ2) is 5.60. The standard InChI is InChI=1S/C15H19NO4S/c1-4-15(2,3)12(17)13(18)16-8-11-9(5-6-21-11)7-10(16)14(19)20/h5-6,10H,4,7-8H2,1-3H3,(H,19,20). The maximum absolute atomic E-state index is 12.5. The van der Waals surface area contributed by atoms with E-state index in [9.17, 15) is 19.5 Å². The van der Waals surface area contributed by atoms with Crippen molar-refractivity contribution >= 4 is 29.0 Å². The van der Waals surface area contributed by atoms with Crippen LogP contribution >= 0.6 is 11.3 Å². The normalized spacial score (nSPS) is 18.2. The Hall–Kier alpha value is -1.69. The number of aliphatic carboxylic acids is 1. The van der Waals surface area contributed by atoms with E-state index in [4.69, 9.17) is 0 Å². The van der Waals surface area contributed by atoms with Crippen molar-refractivity contribution in [3.05, 3.63) is 21.9 Å². The van der Waals surface area contributed by atoms with Crippen LogP contribution in [0, 0.1) is 5.41 Å². The first-order valence-corrected chi connectivity index (χ1v) is 7.79. The van der Waals surface area contributed by atoms with Crippen molar-refractivity contribution in [2.75, 3.05) is 0 Å². The number of fused-ring (bicyclic) bond motifs is 1. The number of rotatable bonds is 4. The topological polar surface area (TPSA) is 74.7 Å². The minimum atomic E-state index is -1.07. The van der Waals surface area contributed by atoms with E-state index in [-0.39, 0.29) is 13.0 Å². The van der Waals surface area contributed by atoms with Crippen molar-refractivity contribution in [2.45, 2.75) is 46.2 Å².